The van der Waals surface area contributed by atoms with Crippen LogP contribution in [0, 0.1) is 0 Å². The number of urea groups is 1. The van der Waals surface area contributed by atoms with Gasteiger partial charge in [-0.2, -0.15) is 13.2 Å². The molecule has 2 aromatic carbocycles. The molecule has 0 saturated heterocycles. The lowest BCUT2D eigenvalue weighted by Crippen LogP contribution is -2.34. The fourth-order valence-corrected chi connectivity index (χ4v) is 2.37. The van der Waals surface area contributed by atoms with Crippen LogP contribution < -0.4 is 20.1 Å². The highest BCUT2D eigenvalue weighted by molar-refractivity contribution is 6.08. The number of benzene rings is 2. The zero-order chi connectivity index (χ0) is 19.6. The van der Waals surface area contributed by atoms with Crippen LogP contribution >= 0.6 is 0 Å². The Bertz CT molecular complexity index is 899. The maximum Gasteiger partial charge on any atom is 0.416 e. The molecule has 0 aliphatic carbocycles. The van der Waals surface area contributed by atoms with E-state index in [-0.39, 0.29) is 11.3 Å². The third-order valence-electron chi connectivity index (χ3n) is 3.53. The third kappa shape index (κ3) is 4.40. The molecular formula is C17H13F3N2O5. The Balaban J connectivity index is 1.69. The van der Waals surface area contributed by atoms with Gasteiger partial charge >= 0.3 is 12.2 Å². The average molecular weight is 382 g/mol. The van der Waals surface area contributed by atoms with Crippen LogP contribution in [0.5, 0.6) is 17.2 Å². The van der Waals surface area contributed by atoms with Crippen LogP contribution in [0.1, 0.15) is 15.9 Å². The molecule has 0 unspecified atom stereocenters. The SMILES string of the molecule is O=C(NC(=O)c1ccc2c(c1)OCCO2)Nc1cc(O)cc(C(F)(F)F)c1. The number of alkyl halides is 3. The molecule has 1 aliphatic heterocycles. The van der Waals surface area contributed by atoms with Crippen molar-refractivity contribution in [2.75, 3.05) is 18.5 Å². The first kappa shape index (κ1) is 18.4. The summed E-state index contributed by atoms with van der Waals surface area (Å²) in [5.41, 5.74) is -1.37. The molecule has 0 aromatic heterocycles. The molecule has 2 aromatic rings. The van der Waals surface area contributed by atoms with E-state index in [1.165, 1.54) is 18.2 Å². The van der Waals surface area contributed by atoms with E-state index in [0.717, 1.165) is 6.07 Å². The number of fused-ring (bicyclic) bond motifs is 1. The number of anilines is 1. The van der Waals surface area contributed by atoms with Crippen LogP contribution in [0.25, 0.3) is 0 Å². The topological polar surface area (TPSA) is 96.9 Å². The molecule has 0 radical (unpaired) electrons. The summed E-state index contributed by atoms with van der Waals surface area (Å²) in [5.74, 6) is -0.669. The zero-order valence-electron chi connectivity index (χ0n) is 13.6. The Morgan fingerprint density at radius 2 is 1.70 bits per heavy atom. The summed E-state index contributed by atoms with van der Waals surface area (Å²) in [5, 5.41) is 13.4. The number of rotatable bonds is 2. The highest BCUT2D eigenvalue weighted by Gasteiger charge is 2.31. The molecule has 1 heterocycles. The lowest BCUT2D eigenvalue weighted by atomic mass is 10.1. The van der Waals surface area contributed by atoms with E-state index in [2.05, 4.69) is 5.32 Å². The van der Waals surface area contributed by atoms with E-state index in [4.69, 9.17) is 9.47 Å². The van der Waals surface area contributed by atoms with Crippen LogP contribution in [0.2, 0.25) is 0 Å². The van der Waals surface area contributed by atoms with Crippen LogP contribution in [0.4, 0.5) is 23.7 Å². The fourth-order valence-electron chi connectivity index (χ4n) is 2.37. The summed E-state index contributed by atoms with van der Waals surface area (Å²) in [6.07, 6.45) is -4.70. The van der Waals surface area contributed by atoms with Gasteiger partial charge in [-0.05, 0) is 30.3 Å². The van der Waals surface area contributed by atoms with Gasteiger partial charge in [0.25, 0.3) is 5.91 Å². The summed E-state index contributed by atoms with van der Waals surface area (Å²) >= 11 is 0. The van der Waals surface area contributed by atoms with Crippen molar-refractivity contribution >= 4 is 17.6 Å². The Hall–Kier alpha value is -3.43. The van der Waals surface area contributed by atoms with Crippen molar-refractivity contribution in [1.82, 2.24) is 5.32 Å². The van der Waals surface area contributed by atoms with Gasteiger partial charge in [0.05, 0.1) is 5.56 Å². The second-order valence-corrected chi connectivity index (χ2v) is 5.53. The fraction of sp³-hybridized carbons (Fsp3) is 0.176. The van der Waals surface area contributed by atoms with Gasteiger partial charge < -0.3 is 19.9 Å². The Kier molecular flexibility index (Phi) is 4.80. The summed E-state index contributed by atoms with van der Waals surface area (Å²) in [6, 6.07) is 5.31. The highest BCUT2D eigenvalue weighted by Crippen LogP contribution is 2.34. The average Bonchev–Trinajstić information content (AvgIpc) is 2.59. The molecule has 0 bridgehead atoms. The summed E-state index contributed by atoms with van der Waals surface area (Å²) < 4.78 is 48.9. The molecule has 0 saturated carbocycles. The molecule has 3 N–H and O–H groups in total. The lowest BCUT2D eigenvalue weighted by molar-refractivity contribution is -0.137. The van der Waals surface area contributed by atoms with Crippen molar-refractivity contribution in [3.8, 4) is 17.2 Å². The molecule has 3 amide bonds. The number of nitrogens with one attached hydrogen (secondary N) is 2. The molecule has 3 rings (SSSR count). The minimum Gasteiger partial charge on any atom is -0.508 e. The number of phenols is 1. The number of amides is 3. The molecule has 142 valence electrons. The summed E-state index contributed by atoms with van der Waals surface area (Å²) in [6.45, 7) is 0.697. The number of hydrogen-bond acceptors (Lipinski definition) is 5. The monoisotopic (exact) mass is 382 g/mol. The maximum absolute atomic E-state index is 12.7. The van der Waals surface area contributed by atoms with Gasteiger partial charge in [-0.25, -0.2) is 4.79 Å². The number of hydrogen-bond donors (Lipinski definition) is 3. The van der Waals surface area contributed by atoms with Gasteiger partial charge in [-0.3, -0.25) is 10.1 Å². The van der Waals surface area contributed by atoms with Crippen molar-refractivity contribution in [1.29, 1.82) is 0 Å². The number of ether oxygens (including phenoxy) is 2. The maximum atomic E-state index is 12.7. The Morgan fingerprint density at radius 1 is 1.00 bits per heavy atom. The predicted molar refractivity (Wildman–Crippen MR) is 87.0 cm³/mol. The van der Waals surface area contributed by atoms with E-state index in [0.29, 0.717) is 36.8 Å². The van der Waals surface area contributed by atoms with E-state index in [9.17, 15) is 27.9 Å². The zero-order valence-corrected chi connectivity index (χ0v) is 13.6. The number of aromatic hydroxyl groups is 1. The van der Waals surface area contributed by atoms with Crippen LogP contribution in [0.3, 0.4) is 0 Å². The van der Waals surface area contributed by atoms with E-state index < -0.39 is 29.4 Å². The van der Waals surface area contributed by atoms with Gasteiger partial charge in [0, 0.05) is 17.3 Å². The first-order chi connectivity index (χ1) is 12.7. The molecule has 1 aliphatic rings. The number of halogens is 3. The van der Waals surface area contributed by atoms with Gasteiger partial charge in [0.15, 0.2) is 11.5 Å². The quantitative estimate of drug-likeness (QED) is 0.742. The van der Waals surface area contributed by atoms with Crippen LogP contribution in [-0.4, -0.2) is 30.3 Å². The van der Waals surface area contributed by atoms with Crippen molar-refractivity contribution in [2.24, 2.45) is 0 Å². The second kappa shape index (κ2) is 7.06. The molecule has 27 heavy (non-hydrogen) atoms. The van der Waals surface area contributed by atoms with Gasteiger partial charge in [0.1, 0.15) is 19.0 Å². The molecule has 10 heteroatoms. The number of imide groups is 1. The smallest absolute Gasteiger partial charge is 0.416 e. The van der Waals surface area contributed by atoms with Gasteiger partial charge in [0.2, 0.25) is 0 Å². The molecule has 7 nitrogen and oxygen atoms in total. The van der Waals surface area contributed by atoms with E-state index in [1.54, 1.807) is 0 Å². The number of carbonyl (C=O) groups is 2. The van der Waals surface area contributed by atoms with Gasteiger partial charge in [-0.1, -0.05) is 0 Å². The normalized spacial score (nSPS) is 13.0. The highest BCUT2D eigenvalue weighted by atomic mass is 19.4. The molecule has 0 spiro atoms. The summed E-state index contributed by atoms with van der Waals surface area (Å²) in [4.78, 5) is 24.0. The largest absolute Gasteiger partial charge is 0.508 e. The Morgan fingerprint density at radius 3 is 2.41 bits per heavy atom. The standard InChI is InChI=1S/C17H13F3N2O5/c18-17(19,20)10-6-11(8-12(23)7-10)21-16(25)22-15(24)9-1-2-13-14(5-9)27-4-3-26-13/h1-2,5-8,23H,3-4H2,(H2,21,22,24,25). The first-order valence-corrected chi connectivity index (χ1v) is 7.65. The van der Waals surface area contributed by atoms with Crippen molar-refractivity contribution in [3.05, 3.63) is 47.5 Å². The minimum atomic E-state index is -4.70. The lowest BCUT2D eigenvalue weighted by Gasteiger charge is -2.18. The van der Waals surface area contributed by atoms with Crippen LogP contribution in [0.15, 0.2) is 36.4 Å². The van der Waals surface area contributed by atoms with Crippen LogP contribution in [-0.2, 0) is 6.18 Å². The second-order valence-electron chi connectivity index (χ2n) is 5.53. The summed E-state index contributed by atoms with van der Waals surface area (Å²) in [7, 11) is 0. The van der Waals surface area contributed by atoms with Crippen molar-refractivity contribution in [3.63, 3.8) is 0 Å². The Labute approximate surface area is 150 Å². The first-order valence-electron chi connectivity index (χ1n) is 7.65. The van der Waals surface area contributed by atoms with E-state index in [1.807, 2.05) is 5.32 Å². The van der Waals surface area contributed by atoms with Crippen molar-refractivity contribution < 1.29 is 37.3 Å². The third-order valence-corrected chi connectivity index (χ3v) is 3.53. The van der Waals surface area contributed by atoms with E-state index >= 15 is 0 Å². The molecular weight excluding hydrogens is 369 g/mol. The number of phenolic OH excluding ortho intramolecular Hbond substituents is 1. The van der Waals surface area contributed by atoms with Gasteiger partial charge in [-0.15, -0.1) is 0 Å². The molecule has 0 atom stereocenters. The number of carbonyl (C=O) groups excluding carboxylic acids is 2. The minimum absolute atomic E-state index is 0.0984. The molecule has 0 fully saturated rings. The van der Waals surface area contributed by atoms with Crippen molar-refractivity contribution in [2.45, 2.75) is 6.18 Å². The predicted octanol–water partition coefficient (Wildman–Crippen LogP) is 3.14.